The molecule has 0 bridgehead atoms. The smallest absolute Gasteiger partial charge is 0.314 e. The van der Waals surface area contributed by atoms with Crippen LogP contribution in [0.1, 0.15) is 13.3 Å². The van der Waals surface area contributed by atoms with Crippen LogP contribution in [0.4, 0.5) is 0 Å². The van der Waals surface area contributed by atoms with E-state index in [4.69, 9.17) is 4.74 Å². The molecule has 0 radical (unpaired) electrons. The minimum Gasteiger partial charge on any atom is -0.465 e. The Bertz CT molecular complexity index is 274. The van der Waals surface area contributed by atoms with Crippen molar-refractivity contribution in [1.82, 2.24) is 0 Å². The van der Waals surface area contributed by atoms with E-state index in [9.17, 15) is 9.59 Å². The van der Waals surface area contributed by atoms with Crippen molar-refractivity contribution in [3.8, 4) is 0 Å². The summed E-state index contributed by atoms with van der Waals surface area (Å²) in [7, 11) is 0. The van der Waals surface area contributed by atoms with Crippen LogP contribution in [0.2, 0.25) is 0 Å². The molecule has 0 aliphatic heterocycles. The maximum Gasteiger partial charge on any atom is 0.314 e. The van der Waals surface area contributed by atoms with E-state index in [1.807, 2.05) is 6.92 Å². The van der Waals surface area contributed by atoms with Crippen LogP contribution in [0.5, 0.6) is 0 Å². The van der Waals surface area contributed by atoms with Crippen LogP contribution in [0.25, 0.3) is 0 Å². The number of hydrogen-bond donors (Lipinski definition) is 0. The molecule has 0 heterocycles. The lowest BCUT2D eigenvalue weighted by Gasteiger charge is -1.99. The number of allylic oxidation sites excluding steroid dienone is 1. The van der Waals surface area contributed by atoms with Gasteiger partial charge in [-0.3, -0.25) is 4.79 Å². The van der Waals surface area contributed by atoms with Gasteiger partial charge < -0.3 is 4.74 Å². The summed E-state index contributed by atoms with van der Waals surface area (Å²) in [6.45, 7) is 5.85. The third-order valence-electron chi connectivity index (χ3n) is 2.02. The second-order valence-corrected chi connectivity index (χ2v) is 2.96. The molecule has 0 N–H and O–H groups in total. The van der Waals surface area contributed by atoms with Crippen molar-refractivity contribution < 1.29 is 14.3 Å². The molecular formula is C10H12O3. The SMILES string of the molecule is C=CC1C(=C=O)C1C(=O)OCCC. The van der Waals surface area contributed by atoms with E-state index in [0.717, 1.165) is 6.42 Å². The van der Waals surface area contributed by atoms with Gasteiger partial charge in [0.05, 0.1) is 12.5 Å². The topological polar surface area (TPSA) is 43.4 Å². The summed E-state index contributed by atoms with van der Waals surface area (Å²) in [5.74, 6) is 0.875. The summed E-state index contributed by atoms with van der Waals surface area (Å²) < 4.78 is 4.89. The monoisotopic (exact) mass is 180 g/mol. The van der Waals surface area contributed by atoms with Crippen molar-refractivity contribution in [3.63, 3.8) is 0 Å². The van der Waals surface area contributed by atoms with Crippen molar-refractivity contribution in [2.75, 3.05) is 6.61 Å². The first-order chi connectivity index (χ1) is 6.26. The standard InChI is InChI=1S/C10H12O3/c1-3-5-13-10(12)9-7(4-2)8(9)6-11/h4,7,9H,2-3,5H2,1H3. The van der Waals surface area contributed by atoms with Gasteiger partial charge in [-0.25, -0.2) is 4.79 Å². The highest BCUT2D eigenvalue weighted by molar-refractivity contribution is 5.88. The van der Waals surface area contributed by atoms with Crippen molar-refractivity contribution in [2.45, 2.75) is 13.3 Å². The molecule has 3 nitrogen and oxygen atoms in total. The predicted molar refractivity (Wildman–Crippen MR) is 47.6 cm³/mol. The third-order valence-corrected chi connectivity index (χ3v) is 2.02. The summed E-state index contributed by atoms with van der Waals surface area (Å²) in [5.41, 5.74) is 0.469. The molecule has 0 spiro atoms. The second kappa shape index (κ2) is 4.06. The Morgan fingerprint density at radius 3 is 2.85 bits per heavy atom. The summed E-state index contributed by atoms with van der Waals surface area (Å²) in [6, 6.07) is 0. The third kappa shape index (κ3) is 1.87. The molecule has 1 aliphatic rings. The highest BCUT2D eigenvalue weighted by atomic mass is 16.5. The lowest BCUT2D eigenvalue weighted by molar-refractivity contribution is -0.145. The van der Waals surface area contributed by atoms with Gasteiger partial charge in [0.15, 0.2) is 0 Å². The van der Waals surface area contributed by atoms with Crippen LogP contribution in [0.15, 0.2) is 18.2 Å². The van der Waals surface area contributed by atoms with Gasteiger partial charge in [-0.2, -0.15) is 0 Å². The molecule has 0 amide bonds. The largest absolute Gasteiger partial charge is 0.465 e. The zero-order chi connectivity index (χ0) is 9.84. The first-order valence-corrected chi connectivity index (χ1v) is 4.30. The second-order valence-electron chi connectivity index (χ2n) is 2.96. The van der Waals surface area contributed by atoms with Gasteiger partial charge in [0.25, 0.3) is 0 Å². The number of hydrogen-bond acceptors (Lipinski definition) is 3. The van der Waals surface area contributed by atoms with Crippen LogP contribution in [-0.2, 0) is 14.3 Å². The molecule has 1 rings (SSSR count). The molecule has 13 heavy (non-hydrogen) atoms. The van der Waals surface area contributed by atoms with Crippen LogP contribution >= 0.6 is 0 Å². The van der Waals surface area contributed by atoms with Gasteiger partial charge in [-0.05, 0) is 6.42 Å². The molecule has 70 valence electrons. The average molecular weight is 180 g/mol. The fraction of sp³-hybridized carbons (Fsp3) is 0.500. The van der Waals surface area contributed by atoms with Gasteiger partial charge in [0.1, 0.15) is 5.94 Å². The van der Waals surface area contributed by atoms with Crippen molar-refractivity contribution in [3.05, 3.63) is 18.2 Å². The van der Waals surface area contributed by atoms with Gasteiger partial charge in [-0.1, -0.05) is 13.0 Å². The van der Waals surface area contributed by atoms with E-state index in [2.05, 4.69) is 6.58 Å². The van der Waals surface area contributed by atoms with E-state index in [1.54, 1.807) is 12.0 Å². The number of ether oxygens (including phenoxy) is 1. The van der Waals surface area contributed by atoms with E-state index in [-0.39, 0.29) is 11.9 Å². The fourth-order valence-electron chi connectivity index (χ4n) is 1.24. The molecule has 1 saturated carbocycles. The minimum absolute atomic E-state index is 0.137. The van der Waals surface area contributed by atoms with Gasteiger partial charge in [-0.15, -0.1) is 6.58 Å². The molecule has 1 fully saturated rings. The quantitative estimate of drug-likeness (QED) is 0.370. The Kier molecular flexibility index (Phi) is 3.04. The summed E-state index contributed by atoms with van der Waals surface area (Å²) in [4.78, 5) is 21.5. The van der Waals surface area contributed by atoms with Gasteiger partial charge >= 0.3 is 5.97 Å². The molecule has 3 heteroatoms. The van der Waals surface area contributed by atoms with E-state index >= 15 is 0 Å². The highest BCUT2D eigenvalue weighted by Crippen LogP contribution is 2.45. The zero-order valence-electron chi connectivity index (χ0n) is 7.58. The van der Waals surface area contributed by atoms with Crippen molar-refractivity contribution in [2.24, 2.45) is 11.8 Å². The van der Waals surface area contributed by atoms with Crippen LogP contribution < -0.4 is 0 Å². The Balaban J connectivity index is 2.51. The number of carbonyl (C=O) groups excluding carboxylic acids is 2. The Morgan fingerprint density at radius 1 is 1.77 bits per heavy atom. The van der Waals surface area contributed by atoms with E-state index in [1.165, 1.54) is 0 Å². The normalized spacial score (nSPS) is 24.8. The van der Waals surface area contributed by atoms with Crippen LogP contribution in [-0.4, -0.2) is 18.5 Å². The maximum absolute atomic E-state index is 11.2. The minimum atomic E-state index is -0.401. The first kappa shape index (κ1) is 9.75. The molecule has 0 aromatic heterocycles. The van der Waals surface area contributed by atoms with E-state index in [0.29, 0.717) is 12.2 Å². The number of rotatable bonds is 4. The maximum atomic E-state index is 11.2. The first-order valence-electron chi connectivity index (χ1n) is 4.30. The molecule has 0 aromatic rings. The fourth-order valence-corrected chi connectivity index (χ4v) is 1.24. The van der Waals surface area contributed by atoms with Gasteiger partial charge in [0, 0.05) is 11.5 Å². The van der Waals surface area contributed by atoms with E-state index < -0.39 is 5.92 Å². The molecule has 0 saturated heterocycles. The lowest BCUT2D eigenvalue weighted by atomic mass is 10.3. The summed E-state index contributed by atoms with van der Waals surface area (Å²) in [5, 5.41) is 0. The lowest BCUT2D eigenvalue weighted by Crippen LogP contribution is -2.08. The van der Waals surface area contributed by atoms with Crippen LogP contribution in [0.3, 0.4) is 0 Å². The molecular weight excluding hydrogens is 168 g/mol. The van der Waals surface area contributed by atoms with Crippen molar-refractivity contribution >= 4 is 11.9 Å². The van der Waals surface area contributed by atoms with Crippen LogP contribution in [0, 0.1) is 11.8 Å². The average Bonchev–Trinajstić information content (AvgIpc) is 2.87. The molecule has 2 unspecified atom stereocenters. The zero-order valence-corrected chi connectivity index (χ0v) is 7.58. The number of esters is 1. The summed E-state index contributed by atoms with van der Waals surface area (Å²) in [6.07, 6.45) is 2.37. The Morgan fingerprint density at radius 2 is 2.46 bits per heavy atom. The van der Waals surface area contributed by atoms with Crippen molar-refractivity contribution in [1.29, 1.82) is 0 Å². The Labute approximate surface area is 77.1 Å². The molecule has 1 aliphatic carbocycles. The van der Waals surface area contributed by atoms with Gasteiger partial charge in [0.2, 0.25) is 0 Å². The summed E-state index contributed by atoms with van der Waals surface area (Å²) >= 11 is 0. The highest BCUT2D eigenvalue weighted by Gasteiger charge is 2.50. The predicted octanol–water partition coefficient (Wildman–Crippen LogP) is 1.13. The molecule has 2 atom stereocenters. The molecule has 0 aromatic carbocycles. The number of carbonyl (C=O) groups is 1. The Hall–Kier alpha value is -1.34.